The van der Waals surface area contributed by atoms with E-state index in [0.29, 0.717) is 32.4 Å². The van der Waals surface area contributed by atoms with Crippen molar-refractivity contribution in [2.24, 2.45) is 11.8 Å². The number of carbonyl (C=O) groups excluding carboxylic acids is 3. The quantitative estimate of drug-likeness (QED) is 0.167. The molecule has 0 spiro atoms. The van der Waals surface area contributed by atoms with Gasteiger partial charge in [-0.1, -0.05) is 54.1 Å². The Bertz CT molecular complexity index is 1900. The number of rotatable bonds is 10. The van der Waals surface area contributed by atoms with Crippen molar-refractivity contribution >= 4 is 28.6 Å². The Labute approximate surface area is 300 Å². The summed E-state index contributed by atoms with van der Waals surface area (Å²) in [5.41, 5.74) is 5.89. The van der Waals surface area contributed by atoms with Gasteiger partial charge < -0.3 is 24.5 Å². The van der Waals surface area contributed by atoms with Crippen molar-refractivity contribution in [1.29, 1.82) is 0 Å². The third-order valence-electron chi connectivity index (χ3n) is 12.1. The molecule has 8 nitrogen and oxygen atoms in total. The number of aromatic amines is 1. The molecule has 2 aromatic heterocycles. The molecule has 1 aliphatic carbocycles. The minimum Gasteiger partial charge on any atom is -0.464 e. The number of nitrogens with zero attached hydrogens (tertiary/aromatic N) is 2. The molecule has 51 heavy (non-hydrogen) atoms. The zero-order valence-corrected chi connectivity index (χ0v) is 29.6. The molecule has 4 aromatic rings. The van der Waals surface area contributed by atoms with Crippen LogP contribution in [0.5, 0.6) is 0 Å². The van der Waals surface area contributed by atoms with E-state index < -0.39 is 17.4 Å². The minimum absolute atomic E-state index is 0.00326. The van der Waals surface area contributed by atoms with Crippen molar-refractivity contribution in [3.8, 4) is 11.3 Å². The van der Waals surface area contributed by atoms with Gasteiger partial charge in [0, 0.05) is 60.7 Å². The summed E-state index contributed by atoms with van der Waals surface area (Å²) in [6.45, 7) is 2.59. The van der Waals surface area contributed by atoms with Gasteiger partial charge in [0.25, 0.3) is 0 Å². The predicted molar refractivity (Wildman–Crippen MR) is 199 cm³/mol. The first-order valence-corrected chi connectivity index (χ1v) is 19.3. The van der Waals surface area contributed by atoms with E-state index in [1.54, 1.807) is 6.26 Å². The lowest BCUT2D eigenvalue weighted by Gasteiger charge is -2.56. The number of aryl methyl sites for hydroxylation is 1. The molecule has 0 radical (unpaired) electrons. The van der Waals surface area contributed by atoms with Crippen molar-refractivity contribution < 1.29 is 18.8 Å². The van der Waals surface area contributed by atoms with Crippen molar-refractivity contribution in [3.63, 3.8) is 0 Å². The molecule has 0 saturated carbocycles. The van der Waals surface area contributed by atoms with Crippen LogP contribution in [0.4, 0.5) is 0 Å². The summed E-state index contributed by atoms with van der Waals surface area (Å²) in [7, 11) is 0. The van der Waals surface area contributed by atoms with Crippen LogP contribution in [-0.2, 0) is 32.8 Å². The van der Waals surface area contributed by atoms with E-state index in [9.17, 15) is 14.4 Å². The van der Waals surface area contributed by atoms with Crippen LogP contribution in [0, 0.1) is 11.8 Å². The van der Waals surface area contributed by atoms with Gasteiger partial charge in [-0.3, -0.25) is 14.4 Å². The first-order valence-electron chi connectivity index (χ1n) is 19.3. The van der Waals surface area contributed by atoms with Crippen LogP contribution in [0.25, 0.3) is 22.2 Å². The molecule has 2 saturated heterocycles. The Morgan fingerprint density at radius 1 is 0.922 bits per heavy atom. The molecule has 2 N–H and O–H groups in total. The average Bonchev–Trinajstić information content (AvgIpc) is 3.85. The van der Waals surface area contributed by atoms with E-state index in [1.165, 1.54) is 29.5 Å². The smallest absolute Gasteiger partial charge is 0.228 e. The molecular weight excluding hydrogens is 636 g/mol. The Balaban J connectivity index is 1.17. The number of likely N-dealkylation sites (tertiary alicyclic amines) is 1. The predicted octanol–water partition coefficient (Wildman–Crippen LogP) is 7.69. The second-order valence-electron chi connectivity index (χ2n) is 15.1. The fourth-order valence-electron chi connectivity index (χ4n) is 9.52. The van der Waals surface area contributed by atoms with Gasteiger partial charge in [0.15, 0.2) is 0 Å². The number of hydrogen-bond acceptors (Lipinski definition) is 4. The van der Waals surface area contributed by atoms with Crippen LogP contribution < -0.4 is 5.32 Å². The third-order valence-corrected chi connectivity index (χ3v) is 12.1. The summed E-state index contributed by atoms with van der Waals surface area (Å²) >= 11 is 0. The zero-order chi connectivity index (χ0) is 34.8. The number of piperidine rings is 2. The molecular formula is C43H50N4O4. The third kappa shape index (κ3) is 6.54. The van der Waals surface area contributed by atoms with Gasteiger partial charge >= 0.3 is 0 Å². The summed E-state index contributed by atoms with van der Waals surface area (Å²) in [5.74, 6) is -0.195. The lowest BCUT2D eigenvalue weighted by atomic mass is 9.64. The van der Waals surface area contributed by atoms with E-state index in [1.807, 2.05) is 28.0 Å². The van der Waals surface area contributed by atoms with Gasteiger partial charge in [-0.2, -0.15) is 0 Å². The monoisotopic (exact) mass is 686 g/mol. The molecule has 3 amide bonds. The van der Waals surface area contributed by atoms with Crippen molar-refractivity contribution in [3.05, 3.63) is 95.4 Å². The van der Waals surface area contributed by atoms with Gasteiger partial charge in [-0.25, -0.2) is 0 Å². The number of allylic oxidation sites excluding steroid dienone is 1. The van der Waals surface area contributed by atoms with Crippen LogP contribution in [-0.4, -0.2) is 58.7 Å². The van der Waals surface area contributed by atoms with E-state index in [4.69, 9.17) is 4.42 Å². The van der Waals surface area contributed by atoms with Crippen LogP contribution in [0.15, 0.2) is 83.0 Å². The van der Waals surface area contributed by atoms with E-state index in [-0.39, 0.29) is 24.1 Å². The highest BCUT2D eigenvalue weighted by atomic mass is 16.3. The molecule has 3 aliphatic heterocycles. The highest BCUT2D eigenvalue weighted by molar-refractivity contribution is 5.94. The number of nitrogens with one attached hydrogen (secondary N) is 2. The lowest BCUT2D eigenvalue weighted by molar-refractivity contribution is -0.167. The minimum atomic E-state index is -0.862. The Morgan fingerprint density at radius 3 is 2.57 bits per heavy atom. The summed E-state index contributed by atoms with van der Waals surface area (Å²) in [6, 6.07) is 20.6. The normalized spacial score (nSPS) is 23.5. The Morgan fingerprint density at radius 2 is 1.78 bits per heavy atom. The topological polar surface area (TPSA) is 98.7 Å². The van der Waals surface area contributed by atoms with Gasteiger partial charge in [0.1, 0.15) is 5.76 Å². The summed E-state index contributed by atoms with van der Waals surface area (Å²) < 4.78 is 5.74. The van der Waals surface area contributed by atoms with Crippen molar-refractivity contribution in [2.45, 2.75) is 89.0 Å². The molecule has 2 aromatic carbocycles. The fraction of sp³-hybridized carbons (Fsp3) is 0.465. The molecule has 8 heteroatoms. The van der Waals surface area contributed by atoms with Gasteiger partial charge in [-0.05, 0) is 106 Å². The van der Waals surface area contributed by atoms with Crippen LogP contribution in [0.1, 0.15) is 87.4 Å². The van der Waals surface area contributed by atoms with E-state index >= 15 is 0 Å². The second-order valence-corrected chi connectivity index (χ2v) is 15.1. The van der Waals surface area contributed by atoms with Crippen LogP contribution in [0.3, 0.4) is 0 Å². The molecule has 5 heterocycles. The molecule has 266 valence electrons. The lowest BCUT2D eigenvalue weighted by Crippen LogP contribution is -2.66. The number of benzene rings is 2. The summed E-state index contributed by atoms with van der Waals surface area (Å²) in [5, 5.41) is 4.25. The van der Waals surface area contributed by atoms with Gasteiger partial charge in [0.2, 0.25) is 17.7 Å². The summed E-state index contributed by atoms with van der Waals surface area (Å²) in [4.78, 5) is 51.2. The largest absolute Gasteiger partial charge is 0.464 e. The maximum absolute atomic E-state index is 15.0. The number of hydrogen-bond donors (Lipinski definition) is 2. The van der Waals surface area contributed by atoms with Gasteiger partial charge in [0.05, 0.1) is 17.7 Å². The average molecular weight is 687 g/mol. The fourth-order valence-corrected chi connectivity index (χ4v) is 9.52. The van der Waals surface area contributed by atoms with E-state index in [2.05, 4.69) is 58.8 Å². The number of fused-ring (bicyclic) bond motifs is 5. The summed E-state index contributed by atoms with van der Waals surface area (Å²) in [6.07, 6.45) is 15.2. The number of furan rings is 1. The first kappa shape index (κ1) is 33.5. The molecule has 0 bridgehead atoms. The van der Waals surface area contributed by atoms with E-state index in [0.717, 1.165) is 86.0 Å². The maximum Gasteiger partial charge on any atom is 0.228 e. The Hall–Kier alpha value is -4.59. The number of H-pyrrole nitrogens is 1. The maximum atomic E-state index is 15.0. The van der Waals surface area contributed by atoms with Crippen LogP contribution in [0.2, 0.25) is 0 Å². The zero-order valence-electron chi connectivity index (χ0n) is 29.6. The number of amides is 3. The second kappa shape index (κ2) is 14.6. The standard InChI is InChI=1S/C43H50N4O4/c48-39(44-22-19-31-13-6-2-7-14-31)29-33-27-36(42(50)46-23-8-3-9-24-46)43(21-18-30-11-4-1-5-12-30)40-35(20-25-47(43)41(33)49)34-17-16-32(28-37(34)45-40)38-15-10-26-51-38/h1,4-5,10-13,15-17,26,28,33,36,45H,2-3,6-9,14,18-25,27,29H2,(H,44,48)/t33-,36-,43+/m1/s1. The first-order chi connectivity index (χ1) is 25.0. The SMILES string of the molecule is O=C(C[C@H]1C[C@H](C(=O)N2CCCCC2)[C@@]2(CCc3ccccc3)c3[nH]c4cc(-c5ccco5)ccc4c3CCN2C1=O)NCCC1=CCCCC1. The highest BCUT2D eigenvalue weighted by Gasteiger charge is 2.59. The van der Waals surface area contributed by atoms with Crippen molar-refractivity contribution in [2.75, 3.05) is 26.2 Å². The van der Waals surface area contributed by atoms with Gasteiger partial charge in [-0.15, -0.1) is 0 Å². The number of aromatic nitrogens is 1. The molecule has 4 aliphatic rings. The molecule has 3 atom stereocenters. The molecule has 8 rings (SSSR count). The molecule has 0 unspecified atom stereocenters. The number of carbonyl (C=O) groups is 3. The van der Waals surface area contributed by atoms with Crippen LogP contribution >= 0.6 is 0 Å². The highest BCUT2D eigenvalue weighted by Crippen LogP contribution is 2.53. The Kier molecular flexibility index (Phi) is 9.58. The van der Waals surface area contributed by atoms with Crippen molar-refractivity contribution in [1.82, 2.24) is 20.1 Å². The molecule has 2 fully saturated rings.